The summed E-state index contributed by atoms with van der Waals surface area (Å²) in [6.07, 6.45) is -4.09. The third-order valence-corrected chi connectivity index (χ3v) is 2.90. The average Bonchev–Trinajstić information content (AvgIpc) is 2.46. The van der Waals surface area contributed by atoms with Gasteiger partial charge in [-0.2, -0.15) is 13.2 Å². The van der Waals surface area contributed by atoms with Crippen LogP contribution in [-0.4, -0.2) is 23.6 Å². The number of H-pyrrole nitrogens is 1. The van der Waals surface area contributed by atoms with E-state index < -0.39 is 17.4 Å². The van der Waals surface area contributed by atoms with Crippen LogP contribution < -0.4 is 15.6 Å². The molecule has 2 aromatic rings. The molecular formula is C14H14F3N3O2. The van der Waals surface area contributed by atoms with Gasteiger partial charge in [0.05, 0.1) is 7.11 Å². The van der Waals surface area contributed by atoms with Crippen molar-refractivity contribution in [1.29, 1.82) is 0 Å². The molecule has 0 atom stereocenters. The summed E-state index contributed by atoms with van der Waals surface area (Å²) in [5, 5.41) is 2.68. The topological polar surface area (TPSA) is 67.0 Å². The Bertz CT molecular complexity index is 681. The average molecular weight is 313 g/mol. The zero-order valence-corrected chi connectivity index (χ0v) is 11.7. The Kier molecular flexibility index (Phi) is 4.69. The molecule has 8 heteroatoms. The number of benzene rings is 1. The molecule has 1 heterocycles. The van der Waals surface area contributed by atoms with Gasteiger partial charge in [-0.25, -0.2) is 4.98 Å². The maximum Gasteiger partial charge on any atom is 0.433 e. The molecule has 22 heavy (non-hydrogen) atoms. The highest BCUT2D eigenvalue weighted by molar-refractivity contribution is 5.29. The molecule has 1 aromatic heterocycles. The number of hydrogen-bond donors (Lipinski definition) is 2. The third kappa shape index (κ3) is 4.24. The lowest BCUT2D eigenvalue weighted by atomic mass is 10.1. The molecule has 118 valence electrons. The van der Waals surface area contributed by atoms with Crippen molar-refractivity contribution < 1.29 is 17.9 Å². The molecule has 0 aliphatic rings. The van der Waals surface area contributed by atoms with Crippen LogP contribution in [0.3, 0.4) is 0 Å². The van der Waals surface area contributed by atoms with E-state index in [2.05, 4.69) is 15.3 Å². The van der Waals surface area contributed by atoms with E-state index in [0.717, 1.165) is 11.3 Å². The van der Waals surface area contributed by atoms with E-state index in [1.807, 2.05) is 12.1 Å². The molecule has 0 amide bonds. The lowest BCUT2D eigenvalue weighted by Gasteiger charge is -2.09. The van der Waals surface area contributed by atoms with Gasteiger partial charge in [-0.1, -0.05) is 12.1 Å². The largest absolute Gasteiger partial charge is 0.497 e. The Morgan fingerprint density at radius 2 is 1.95 bits per heavy atom. The van der Waals surface area contributed by atoms with E-state index in [4.69, 9.17) is 4.74 Å². The van der Waals surface area contributed by atoms with Gasteiger partial charge in [0.2, 0.25) is 5.95 Å². The number of rotatable bonds is 5. The zero-order chi connectivity index (χ0) is 16.2. The van der Waals surface area contributed by atoms with Crippen molar-refractivity contribution in [3.05, 3.63) is 51.9 Å². The molecule has 0 aliphatic carbocycles. The Balaban J connectivity index is 1.99. The molecule has 0 bridgehead atoms. The van der Waals surface area contributed by atoms with Gasteiger partial charge in [0.1, 0.15) is 5.75 Å². The Labute approximate surface area is 124 Å². The van der Waals surface area contributed by atoms with Crippen molar-refractivity contribution in [3.8, 4) is 5.75 Å². The minimum absolute atomic E-state index is 0.201. The first kappa shape index (κ1) is 15.9. The van der Waals surface area contributed by atoms with Crippen LogP contribution in [0.25, 0.3) is 0 Å². The summed E-state index contributed by atoms with van der Waals surface area (Å²) in [6.45, 7) is 0.330. The van der Waals surface area contributed by atoms with Gasteiger partial charge in [-0.15, -0.1) is 0 Å². The van der Waals surface area contributed by atoms with Crippen molar-refractivity contribution >= 4 is 5.95 Å². The lowest BCUT2D eigenvalue weighted by molar-refractivity contribution is -0.141. The molecule has 0 radical (unpaired) electrons. The number of hydrogen-bond acceptors (Lipinski definition) is 4. The second-order valence-electron chi connectivity index (χ2n) is 4.50. The molecule has 0 spiro atoms. The zero-order valence-electron chi connectivity index (χ0n) is 11.7. The summed E-state index contributed by atoms with van der Waals surface area (Å²) in [5.74, 6) is 0.522. The molecule has 2 N–H and O–H groups in total. The fourth-order valence-electron chi connectivity index (χ4n) is 1.80. The van der Waals surface area contributed by atoms with Gasteiger partial charge < -0.3 is 10.1 Å². The molecule has 5 nitrogen and oxygen atoms in total. The van der Waals surface area contributed by atoms with Crippen molar-refractivity contribution in [2.45, 2.75) is 12.6 Å². The van der Waals surface area contributed by atoms with Crippen LogP contribution in [0.4, 0.5) is 19.1 Å². The monoisotopic (exact) mass is 313 g/mol. The molecular weight excluding hydrogens is 299 g/mol. The van der Waals surface area contributed by atoms with Gasteiger partial charge in [0, 0.05) is 12.6 Å². The molecule has 0 saturated carbocycles. The predicted molar refractivity (Wildman–Crippen MR) is 75.0 cm³/mol. The number of methoxy groups -OCH3 is 1. The summed E-state index contributed by atoms with van der Waals surface area (Å²) in [7, 11) is 1.56. The van der Waals surface area contributed by atoms with Crippen molar-refractivity contribution in [2.75, 3.05) is 19.0 Å². The van der Waals surface area contributed by atoms with Crippen molar-refractivity contribution in [3.63, 3.8) is 0 Å². The summed E-state index contributed by atoms with van der Waals surface area (Å²) >= 11 is 0. The van der Waals surface area contributed by atoms with E-state index in [1.54, 1.807) is 19.2 Å². The number of nitrogens with one attached hydrogen (secondary N) is 2. The normalized spacial score (nSPS) is 11.3. The Morgan fingerprint density at radius 1 is 1.27 bits per heavy atom. The van der Waals surface area contributed by atoms with E-state index >= 15 is 0 Å². The number of ether oxygens (including phenoxy) is 1. The highest BCUT2D eigenvalue weighted by Gasteiger charge is 2.33. The first-order valence-electron chi connectivity index (χ1n) is 6.44. The van der Waals surface area contributed by atoms with Crippen LogP contribution >= 0.6 is 0 Å². The minimum Gasteiger partial charge on any atom is -0.497 e. The second-order valence-corrected chi connectivity index (χ2v) is 4.50. The number of nitrogens with zero attached hydrogens (tertiary/aromatic N) is 1. The molecule has 0 unspecified atom stereocenters. The fraction of sp³-hybridized carbons (Fsp3) is 0.286. The van der Waals surface area contributed by atoms with Gasteiger partial charge >= 0.3 is 6.18 Å². The van der Waals surface area contributed by atoms with Crippen molar-refractivity contribution in [2.24, 2.45) is 0 Å². The first-order valence-corrected chi connectivity index (χ1v) is 6.44. The van der Waals surface area contributed by atoms with Gasteiger partial charge in [0.25, 0.3) is 5.56 Å². The SMILES string of the molecule is COc1ccc(CCNc2nc(C(F)(F)F)cc(=O)[nH]2)cc1. The molecule has 0 saturated heterocycles. The summed E-state index contributed by atoms with van der Waals surface area (Å²) in [6, 6.07) is 7.71. The van der Waals surface area contributed by atoms with Gasteiger partial charge in [-0.05, 0) is 24.1 Å². The summed E-state index contributed by atoms with van der Waals surface area (Å²) < 4.78 is 42.7. The van der Waals surface area contributed by atoms with E-state index in [0.29, 0.717) is 19.0 Å². The van der Waals surface area contributed by atoms with Crippen LogP contribution in [0, 0.1) is 0 Å². The highest BCUT2D eigenvalue weighted by atomic mass is 19.4. The molecule has 1 aromatic carbocycles. The Morgan fingerprint density at radius 3 is 2.55 bits per heavy atom. The minimum atomic E-state index is -4.65. The van der Waals surface area contributed by atoms with Crippen LogP contribution in [0.5, 0.6) is 5.75 Å². The lowest BCUT2D eigenvalue weighted by Crippen LogP contribution is -2.19. The summed E-state index contributed by atoms with van der Waals surface area (Å²) in [4.78, 5) is 16.8. The molecule has 0 aliphatic heterocycles. The number of alkyl halides is 3. The standard InChI is InChI=1S/C14H14F3N3O2/c1-22-10-4-2-9(3-5-10)6-7-18-13-19-11(14(15,16)17)8-12(21)20-13/h2-5,8H,6-7H2,1H3,(H2,18,19,20,21). The highest BCUT2D eigenvalue weighted by Crippen LogP contribution is 2.26. The first-order chi connectivity index (χ1) is 10.4. The van der Waals surface area contributed by atoms with Crippen LogP contribution in [0.2, 0.25) is 0 Å². The van der Waals surface area contributed by atoms with Crippen LogP contribution in [-0.2, 0) is 12.6 Å². The number of halogens is 3. The maximum absolute atomic E-state index is 12.6. The van der Waals surface area contributed by atoms with Crippen LogP contribution in [0.15, 0.2) is 35.1 Å². The number of anilines is 1. The van der Waals surface area contributed by atoms with Crippen molar-refractivity contribution in [1.82, 2.24) is 9.97 Å². The number of aromatic nitrogens is 2. The van der Waals surface area contributed by atoms with Crippen LogP contribution in [0.1, 0.15) is 11.3 Å². The summed E-state index contributed by atoms with van der Waals surface area (Å²) in [5.41, 5.74) is -1.10. The number of aromatic amines is 1. The predicted octanol–water partition coefficient (Wildman–Crippen LogP) is 2.45. The smallest absolute Gasteiger partial charge is 0.433 e. The van der Waals surface area contributed by atoms with E-state index in [-0.39, 0.29) is 5.95 Å². The third-order valence-electron chi connectivity index (χ3n) is 2.90. The second kappa shape index (κ2) is 6.50. The Hall–Kier alpha value is -2.51. The fourth-order valence-corrected chi connectivity index (χ4v) is 1.80. The molecule has 0 fully saturated rings. The van der Waals surface area contributed by atoms with Gasteiger partial charge in [0.15, 0.2) is 5.69 Å². The quantitative estimate of drug-likeness (QED) is 0.890. The van der Waals surface area contributed by atoms with E-state index in [1.165, 1.54) is 0 Å². The maximum atomic E-state index is 12.6. The molecule has 2 rings (SSSR count). The van der Waals surface area contributed by atoms with Gasteiger partial charge in [-0.3, -0.25) is 9.78 Å². The van der Waals surface area contributed by atoms with E-state index in [9.17, 15) is 18.0 Å².